The largest absolute Gasteiger partial charge is 0.482 e. The molecule has 2 atom stereocenters. The standard InChI is InChI=1S/C27H26N2O6/c30-23(26(32)16-9-10-24-22(13-16)29-25(31)15-34-24)11-12-28-27(33)35-14-21-19-7-3-1-5-17(19)18-6-2-4-8-20(18)21/h1-10,13,21,23,26,30,32H,11-12,14-15H2,(H,28,33)(H,29,31). The van der Waals surface area contributed by atoms with Crippen LogP contribution in [0.4, 0.5) is 10.5 Å². The van der Waals surface area contributed by atoms with Crippen molar-refractivity contribution in [3.63, 3.8) is 0 Å². The quantitative estimate of drug-likeness (QED) is 0.417. The Morgan fingerprint density at radius 3 is 2.46 bits per heavy atom. The molecule has 3 aromatic rings. The molecule has 2 unspecified atom stereocenters. The smallest absolute Gasteiger partial charge is 0.407 e. The van der Waals surface area contributed by atoms with Crippen molar-refractivity contribution in [3.8, 4) is 16.9 Å². The molecule has 8 nitrogen and oxygen atoms in total. The third-order valence-corrected chi connectivity index (χ3v) is 6.40. The van der Waals surface area contributed by atoms with Gasteiger partial charge in [0.05, 0.1) is 11.8 Å². The first-order valence-electron chi connectivity index (χ1n) is 11.5. The number of alkyl carbamates (subject to hydrolysis) is 1. The second-order valence-electron chi connectivity index (χ2n) is 8.65. The van der Waals surface area contributed by atoms with E-state index in [0.717, 1.165) is 22.3 Å². The van der Waals surface area contributed by atoms with Gasteiger partial charge < -0.3 is 30.3 Å². The number of carbonyl (C=O) groups excluding carboxylic acids is 2. The molecule has 0 saturated heterocycles. The maximum Gasteiger partial charge on any atom is 0.407 e. The molecule has 0 saturated carbocycles. The first-order chi connectivity index (χ1) is 17.0. The van der Waals surface area contributed by atoms with Crippen LogP contribution in [0.1, 0.15) is 35.1 Å². The van der Waals surface area contributed by atoms with Crippen LogP contribution in [0.3, 0.4) is 0 Å². The van der Waals surface area contributed by atoms with E-state index in [9.17, 15) is 19.8 Å². The summed E-state index contributed by atoms with van der Waals surface area (Å²) in [6.07, 6.45) is -2.78. The fourth-order valence-corrected chi connectivity index (χ4v) is 4.64. The van der Waals surface area contributed by atoms with Gasteiger partial charge in [-0.05, 0) is 46.4 Å². The molecule has 1 heterocycles. The number of aliphatic hydroxyl groups is 2. The summed E-state index contributed by atoms with van der Waals surface area (Å²) in [5, 5.41) is 26.2. The Hall–Kier alpha value is -3.88. The SMILES string of the molecule is O=C1COc2ccc(C(O)C(O)CCNC(=O)OCC3c4ccccc4-c4ccccc43)cc2N1. The number of benzene rings is 3. The third kappa shape index (κ3) is 4.71. The van der Waals surface area contributed by atoms with Gasteiger partial charge in [0.2, 0.25) is 0 Å². The summed E-state index contributed by atoms with van der Waals surface area (Å²) in [7, 11) is 0. The van der Waals surface area contributed by atoms with E-state index in [1.807, 2.05) is 24.3 Å². The van der Waals surface area contributed by atoms with Gasteiger partial charge in [-0.1, -0.05) is 54.6 Å². The molecule has 0 bridgehead atoms. The zero-order valence-corrected chi connectivity index (χ0v) is 18.9. The Morgan fingerprint density at radius 2 is 1.74 bits per heavy atom. The maximum atomic E-state index is 12.3. The molecule has 180 valence electrons. The molecular weight excluding hydrogens is 448 g/mol. The van der Waals surface area contributed by atoms with E-state index >= 15 is 0 Å². The summed E-state index contributed by atoms with van der Waals surface area (Å²) >= 11 is 0. The Kier molecular flexibility index (Phi) is 6.39. The van der Waals surface area contributed by atoms with Crippen molar-refractivity contribution in [2.75, 3.05) is 25.1 Å². The van der Waals surface area contributed by atoms with Crippen LogP contribution in [0.5, 0.6) is 5.75 Å². The average Bonchev–Trinajstić information content (AvgIpc) is 3.20. The minimum absolute atomic E-state index is 0.0333. The highest BCUT2D eigenvalue weighted by molar-refractivity contribution is 5.95. The summed E-state index contributed by atoms with van der Waals surface area (Å²) < 4.78 is 10.8. The van der Waals surface area contributed by atoms with Crippen LogP contribution >= 0.6 is 0 Å². The molecule has 35 heavy (non-hydrogen) atoms. The van der Waals surface area contributed by atoms with Crippen molar-refractivity contribution in [3.05, 3.63) is 83.4 Å². The molecule has 1 aliphatic carbocycles. The Labute approximate surface area is 202 Å². The van der Waals surface area contributed by atoms with E-state index in [1.54, 1.807) is 18.2 Å². The fourth-order valence-electron chi connectivity index (χ4n) is 4.64. The summed E-state index contributed by atoms with van der Waals surface area (Å²) in [6.45, 7) is 0.271. The molecule has 0 aromatic heterocycles. The highest BCUT2D eigenvalue weighted by atomic mass is 16.5. The minimum Gasteiger partial charge on any atom is -0.482 e. The van der Waals surface area contributed by atoms with Gasteiger partial charge in [0.25, 0.3) is 5.91 Å². The van der Waals surface area contributed by atoms with Crippen molar-refractivity contribution >= 4 is 17.7 Å². The number of carbonyl (C=O) groups is 2. The second kappa shape index (κ2) is 9.77. The van der Waals surface area contributed by atoms with E-state index in [-0.39, 0.29) is 38.0 Å². The average molecular weight is 475 g/mol. The van der Waals surface area contributed by atoms with Crippen LogP contribution in [0.25, 0.3) is 11.1 Å². The highest BCUT2D eigenvalue weighted by Crippen LogP contribution is 2.44. The van der Waals surface area contributed by atoms with Gasteiger partial charge in [-0.15, -0.1) is 0 Å². The van der Waals surface area contributed by atoms with E-state index in [0.29, 0.717) is 17.0 Å². The highest BCUT2D eigenvalue weighted by Gasteiger charge is 2.29. The summed E-state index contributed by atoms with van der Waals surface area (Å²) in [4.78, 5) is 23.8. The van der Waals surface area contributed by atoms with E-state index in [4.69, 9.17) is 9.47 Å². The van der Waals surface area contributed by atoms with Crippen molar-refractivity contribution < 1.29 is 29.3 Å². The van der Waals surface area contributed by atoms with Gasteiger partial charge in [-0.3, -0.25) is 4.79 Å². The first kappa shape index (κ1) is 22.9. The lowest BCUT2D eigenvalue weighted by Gasteiger charge is -2.22. The van der Waals surface area contributed by atoms with Gasteiger partial charge in [0.1, 0.15) is 18.5 Å². The fraction of sp³-hybridized carbons (Fsp3) is 0.259. The number of hydrogen-bond acceptors (Lipinski definition) is 6. The van der Waals surface area contributed by atoms with Crippen LogP contribution < -0.4 is 15.4 Å². The monoisotopic (exact) mass is 474 g/mol. The molecule has 0 fully saturated rings. The lowest BCUT2D eigenvalue weighted by atomic mass is 9.98. The van der Waals surface area contributed by atoms with E-state index < -0.39 is 18.3 Å². The summed E-state index contributed by atoms with van der Waals surface area (Å²) in [5.41, 5.74) is 5.45. The number of nitrogens with one attached hydrogen (secondary N) is 2. The number of amides is 2. The van der Waals surface area contributed by atoms with Crippen molar-refractivity contribution in [2.24, 2.45) is 0 Å². The van der Waals surface area contributed by atoms with Gasteiger partial charge >= 0.3 is 6.09 Å². The Balaban J connectivity index is 1.12. The number of hydrogen-bond donors (Lipinski definition) is 4. The second-order valence-corrected chi connectivity index (χ2v) is 8.65. The third-order valence-electron chi connectivity index (χ3n) is 6.40. The van der Waals surface area contributed by atoms with Crippen molar-refractivity contribution in [2.45, 2.75) is 24.5 Å². The number of ether oxygens (including phenoxy) is 2. The molecule has 4 N–H and O–H groups in total. The predicted octanol–water partition coefficient (Wildman–Crippen LogP) is 3.34. The van der Waals surface area contributed by atoms with Crippen LogP contribution in [0.2, 0.25) is 0 Å². The molecule has 1 aliphatic heterocycles. The predicted molar refractivity (Wildman–Crippen MR) is 129 cm³/mol. The van der Waals surface area contributed by atoms with Crippen molar-refractivity contribution in [1.82, 2.24) is 5.32 Å². The number of fused-ring (bicyclic) bond motifs is 4. The summed E-state index contributed by atoms with van der Waals surface area (Å²) in [5.74, 6) is 0.193. The Bertz CT molecular complexity index is 1210. The van der Waals surface area contributed by atoms with Crippen molar-refractivity contribution in [1.29, 1.82) is 0 Å². The maximum absolute atomic E-state index is 12.3. The zero-order valence-electron chi connectivity index (χ0n) is 18.9. The minimum atomic E-state index is -1.19. The van der Waals surface area contributed by atoms with Gasteiger partial charge in [0.15, 0.2) is 6.61 Å². The molecule has 5 rings (SSSR count). The molecule has 3 aromatic carbocycles. The Morgan fingerprint density at radius 1 is 1.06 bits per heavy atom. The zero-order chi connectivity index (χ0) is 24.4. The first-order valence-corrected chi connectivity index (χ1v) is 11.5. The van der Waals surface area contributed by atoms with E-state index in [2.05, 4.69) is 34.9 Å². The lowest BCUT2D eigenvalue weighted by Crippen LogP contribution is -2.31. The van der Waals surface area contributed by atoms with Gasteiger partial charge in [-0.2, -0.15) is 0 Å². The number of rotatable bonds is 7. The van der Waals surface area contributed by atoms with Crippen LogP contribution in [0, 0.1) is 0 Å². The summed E-state index contributed by atoms with van der Waals surface area (Å²) in [6, 6.07) is 21.0. The number of aliphatic hydroxyl groups excluding tert-OH is 2. The molecular formula is C27H26N2O6. The topological polar surface area (TPSA) is 117 Å². The molecule has 0 spiro atoms. The van der Waals surface area contributed by atoms with Gasteiger partial charge in [-0.25, -0.2) is 4.79 Å². The normalized spacial score (nSPS) is 15.7. The lowest BCUT2D eigenvalue weighted by molar-refractivity contribution is -0.118. The van der Waals surface area contributed by atoms with Crippen LogP contribution in [-0.4, -0.2) is 48.1 Å². The molecule has 0 radical (unpaired) electrons. The molecule has 2 aliphatic rings. The van der Waals surface area contributed by atoms with Crippen LogP contribution in [-0.2, 0) is 9.53 Å². The van der Waals surface area contributed by atoms with E-state index in [1.165, 1.54) is 0 Å². The molecule has 2 amide bonds. The van der Waals surface area contributed by atoms with Crippen LogP contribution in [0.15, 0.2) is 66.7 Å². The number of anilines is 1. The molecule has 8 heteroatoms. The van der Waals surface area contributed by atoms with Gasteiger partial charge in [0, 0.05) is 12.5 Å².